The van der Waals surface area contributed by atoms with Crippen LogP contribution in [0.2, 0.25) is 5.02 Å². The summed E-state index contributed by atoms with van der Waals surface area (Å²) in [5.74, 6) is 0.603. The van der Waals surface area contributed by atoms with Gasteiger partial charge in [-0.1, -0.05) is 23.4 Å². The summed E-state index contributed by atoms with van der Waals surface area (Å²) in [5, 5.41) is 3.31. The van der Waals surface area contributed by atoms with E-state index in [1.165, 1.54) is 30.2 Å². The summed E-state index contributed by atoms with van der Waals surface area (Å²) in [6.45, 7) is 1.84. The second-order valence-corrected chi connectivity index (χ2v) is 7.98. The van der Waals surface area contributed by atoms with Crippen molar-refractivity contribution in [3.05, 3.63) is 33.8 Å². The number of thioether (sulfide) groups is 1. The van der Waals surface area contributed by atoms with E-state index in [1.54, 1.807) is 18.2 Å². The van der Waals surface area contributed by atoms with Gasteiger partial charge in [-0.2, -0.15) is 0 Å². The molecule has 0 radical (unpaired) electrons. The van der Waals surface area contributed by atoms with Crippen LogP contribution in [-0.2, 0) is 16.0 Å². The van der Waals surface area contributed by atoms with Gasteiger partial charge in [-0.3, -0.25) is 9.59 Å². The molecule has 0 saturated carbocycles. The Balaban J connectivity index is 1.87. The number of anilines is 1. The number of halogens is 1. The van der Waals surface area contributed by atoms with Crippen molar-refractivity contribution in [1.82, 2.24) is 4.98 Å². The van der Waals surface area contributed by atoms with E-state index < -0.39 is 0 Å². The number of ether oxygens (including phenoxy) is 1. The third-order valence-electron chi connectivity index (χ3n) is 3.20. The van der Waals surface area contributed by atoms with Crippen LogP contribution in [0.1, 0.15) is 17.0 Å². The summed E-state index contributed by atoms with van der Waals surface area (Å²) in [7, 11) is 1.53. The zero-order valence-electron chi connectivity index (χ0n) is 13.8. The minimum atomic E-state index is -0.377. The van der Waals surface area contributed by atoms with Crippen molar-refractivity contribution in [3.63, 3.8) is 0 Å². The highest BCUT2D eigenvalue weighted by molar-refractivity contribution is 8.01. The van der Waals surface area contributed by atoms with Crippen LogP contribution in [0.4, 0.5) is 5.69 Å². The second kappa shape index (κ2) is 9.07. The number of hydrogen-bond donors (Lipinski definition) is 2. The number of carbonyl (C=O) groups excluding carboxylic acids is 2. The maximum atomic E-state index is 12.1. The first-order chi connectivity index (χ1) is 11.9. The molecule has 25 heavy (non-hydrogen) atoms. The highest BCUT2D eigenvalue weighted by Gasteiger charge is 2.12. The number of methoxy groups -OCH3 is 1. The highest BCUT2D eigenvalue weighted by atomic mass is 35.5. The van der Waals surface area contributed by atoms with Crippen LogP contribution in [0.3, 0.4) is 0 Å². The average Bonchev–Trinajstić information content (AvgIpc) is 2.86. The van der Waals surface area contributed by atoms with E-state index in [-0.39, 0.29) is 18.2 Å². The molecule has 1 aromatic carbocycles. The van der Waals surface area contributed by atoms with Crippen molar-refractivity contribution < 1.29 is 14.3 Å². The molecular weight excluding hydrogens is 382 g/mol. The maximum absolute atomic E-state index is 12.1. The molecule has 0 fully saturated rings. The molecule has 0 aliphatic rings. The number of nitrogens with zero attached hydrogens (tertiary/aromatic N) is 1. The SMILES string of the molecule is COc1ccc(Cl)cc1NC(=O)CCSc1nc(C)c(CC(N)=O)s1. The lowest BCUT2D eigenvalue weighted by molar-refractivity contribution is -0.117. The minimum absolute atomic E-state index is 0.140. The van der Waals surface area contributed by atoms with Crippen LogP contribution in [0.25, 0.3) is 0 Å². The van der Waals surface area contributed by atoms with Crippen molar-refractivity contribution in [2.24, 2.45) is 5.73 Å². The van der Waals surface area contributed by atoms with Crippen LogP contribution < -0.4 is 15.8 Å². The lowest BCUT2D eigenvalue weighted by Gasteiger charge is -2.10. The average molecular weight is 400 g/mol. The van der Waals surface area contributed by atoms with Crippen molar-refractivity contribution in [2.45, 2.75) is 24.1 Å². The van der Waals surface area contributed by atoms with Crippen LogP contribution in [-0.4, -0.2) is 29.7 Å². The minimum Gasteiger partial charge on any atom is -0.495 e. The number of benzene rings is 1. The molecule has 2 rings (SSSR count). The summed E-state index contributed by atoms with van der Waals surface area (Å²) in [5.41, 5.74) is 6.56. The lowest BCUT2D eigenvalue weighted by atomic mass is 10.3. The number of rotatable bonds is 8. The summed E-state index contributed by atoms with van der Waals surface area (Å²) in [6.07, 6.45) is 0.503. The van der Waals surface area contributed by atoms with E-state index in [0.29, 0.717) is 28.6 Å². The normalized spacial score (nSPS) is 10.5. The molecule has 2 aromatic rings. The molecule has 1 aromatic heterocycles. The molecule has 134 valence electrons. The number of aryl methyl sites for hydroxylation is 1. The largest absolute Gasteiger partial charge is 0.495 e. The van der Waals surface area contributed by atoms with Crippen molar-refractivity contribution in [2.75, 3.05) is 18.2 Å². The predicted octanol–water partition coefficient (Wildman–Crippen LogP) is 3.26. The Bertz CT molecular complexity index is 780. The van der Waals surface area contributed by atoms with Gasteiger partial charge in [-0.25, -0.2) is 4.98 Å². The molecule has 0 aliphatic heterocycles. The van der Waals surface area contributed by atoms with Gasteiger partial charge in [0.2, 0.25) is 11.8 Å². The topological polar surface area (TPSA) is 94.3 Å². The van der Waals surface area contributed by atoms with Gasteiger partial charge in [0.05, 0.1) is 24.9 Å². The van der Waals surface area contributed by atoms with E-state index in [9.17, 15) is 9.59 Å². The predicted molar refractivity (Wildman–Crippen MR) is 102 cm³/mol. The second-order valence-electron chi connectivity index (χ2n) is 5.12. The fourth-order valence-corrected chi connectivity index (χ4v) is 4.43. The molecule has 0 unspecified atom stereocenters. The number of thiazole rings is 1. The molecule has 0 spiro atoms. The van der Waals surface area contributed by atoms with Crippen molar-refractivity contribution in [3.8, 4) is 5.75 Å². The molecule has 0 saturated heterocycles. The van der Waals surface area contributed by atoms with Crippen LogP contribution in [0.15, 0.2) is 22.5 Å². The third kappa shape index (κ3) is 5.91. The number of amides is 2. The molecule has 9 heteroatoms. The van der Waals surface area contributed by atoms with Gasteiger partial charge in [0.25, 0.3) is 0 Å². The van der Waals surface area contributed by atoms with Gasteiger partial charge in [-0.15, -0.1) is 11.3 Å². The molecule has 1 heterocycles. The van der Waals surface area contributed by atoms with E-state index in [1.807, 2.05) is 6.92 Å². The van der Waals surface area contributed by atoms with E-state index in [0.717, 1.165) is 14.9 Å². The molecule has 6 nitrogen and oxygen atoms in total. The van der Waals surface area contributed by atoms with Gasteiger partial charge in [0, 0.05) is 22.1 Å². The number of hydrogen-bond acceptors (Lipinski definition) is 6. The van der Waals surface area contributed by atoms with E-state index in [4.69, 9.17) is 22.1 Å². The quantitative estimate of drug-likeness (QED) is 0.664. The van der Waals surface area contributed by atoms with E-state index >= 15 is 0 Å². The molecule has 3 N–H and O–H groups in total. The fraction of sp³-hybridized carbons (Fsp3) is 0.312. The number of aromatic nitrogens is 1. The summed E-state index contributed by atoms with van der Waals surface area (Å²) in [4.78, 5) is 28.4. The maximum Gasteiger partial charge on any atom is 0.225 e. The Morgan fingerprint density at radius 2 is 2.20 bits per heavy atom. The monoisotopic (exact) mass is 399 g/mol. The zero-order valence-corrected chi connectivity index (χ0v) is 16.2. The van der Waals surface area contributed by atoms with E-state index in [2.05, 4.69) is 10.3 Å². The van der Waals surface area contributed by atoms with Crippen LogP contribution in [0, 0.1) is 6.92 Å². The Morgan fingerprint density at radius 3 is 2.88 bits per heavy atom. The standard InChI is InChI=1S/C16H18ClN3O3S2/c1-9-13(8-14(18)21)25-16(19-9)24-6-5-15(22)20-11-7-10(17)3-4-12(11)23-2/h3-4,7H,5-6,8H2,1-2H3,(H2,18,21)(H,20,22). The molecule has 2 amide bonds. The van der Waals surface area contributed by atoms with Gasteiger partial charge in [0.15, 0.2) is 0 Å². The van der Waals surface area contributed by atoms with Gasteiger partial charge < -0.3 is 15.8 Å². The van der Waals surface area contributed by atoms with Gasteiger partial charge >= 0.3 is 0 Å². The van der Waals surface area contributed by atoms with Crippen LogP contribution >= 0.6 is 34.7 Å². The Kier molecular flexibility index (Phi) is 7.10. The van der Waals surface area contributed by atoms with Gasteiger partial charge in [0.1, 0.15) is 10.1 Å². The number of primary amides is 1. The lowest BCUT2D eigenvalue weighted by Crippen LogP contribution is -2.13. The third-order valence-corrected chi connectivity index (χ3v) is 5.74. The first-order valence-corrected chi connectivity index (χ1v) is 9.58. The Morgan fingerprint density at radius 1 is 1.44 bits per heavy atom. The number of nitrogens with two attached hydrogens (primary N) is 1. The molecular formula is C16H18ClN3O3S2. The smallest absolute Gasteiger partial charge is 0.225 e. The van der Waals surface area contributed by atoms with Crippen molar-refractivity contribution >= 4 is 52.2 Å². The van der Waals surface area contributed by atoms with Gasteiger partial charge in [-0.05, 0) is 25.1 Å². The fourth-order valence-electron chi connectivity index (χ4n) is 2.01. The summed E-state index contributed by atoms with van der Waals surface area (Å²) >= 11 is 8.85. The first-order valence-electron chi connectivity index (χ1n) is 7.40. The molecule has 0 bridgehead atoms. The Labute approximate surface area is 159 Å². The number of carbonyl (C=O) groups is 2. The van der Waals surface area contributed by atoms with Crippen molar-refractivity contribution in [1.29, 1.82) is 0 Å². The number of nitrogens with one attached hydrogen (secondary N) is 1. The summed E-state index contributed by atoms with van der Waals surface area (Å²) < 4.78 is 6.02. The Hall–Kier alpha value is -1.77. The van der Waals surface area contributed by atoms with Crippen LogP contribution in [0.5, 0.6) is 5.75 Å². The molecule has 0 aliphatic carbocycles. The highest BCUT2D eigenvalue weighted by Crippen LogP contribution is 2.29. The summed E-state index contributed by atoms with van der Waals surface area (Å²) in [6, 6.07) is 5.04. The zero-order chi connectivity index (χ0) is 18.4. The first kappa shape index (κ1) is 19.6. The molecule has 0 atom stereocenters.